The van der Waals surface area contributed by atoms with Gasteiger partial charge in [0.05, 0.1) is 47.7 Å². The highest BCUT2D eigenvalue weighted by molar-refractivity contribution is 7.89. The number of furan rings is 1. The first-order valence-corrected chi connectivity index (χ1v) is 11.9. The zero-order valence-corrected chi connectivity index (χ0v) is 19.2. The Morgan fingerprint density at radius 2 is 1.68 bits per heavy atom. The fourth-order valence-electron chi connectivity index (χ4n) is 3.97. The van der Waals surface area contributed by atoms with Gasteiger partial charge in [-0.1, -0.05) is 30.3 Å². The Kier molecular flexibility index (Phi) is 5.35. The molecule has 0 unspecified atom stereocenters. The summed E-state index contributed by atoms with van der Waals surface area (Å²) in [5, 5.41) is 10.9. The maximum absolute atomic E-state index is 11.7. The quantitative estimate of drug-likeness (QED) is 0.384. The van der Waals surface area contributed by atoms with Crippen molar-refractivity contribution in [3.8, 4) is 39.7 Å². The van der Waals surface area contributed by atoms with E-state index in [0.717, 1.165) is 16.6 Å². The summed E-state index contributed by atoms with van der Waals surface area (Å²) in [6.45, 7) is 0. The van der Waals surface area contributed by atoms with E-state index in [-0.39, 0.29) is 4.90 Å². The Hall–Kier alpha value is -4.08. The van der Waals surface area contributed by atoms with Gasteiger partial charge in [-0.15, -0.1) is 0 Å². The van der Waals surface area contributed by atoms with Crippen LogP contribution in [0.25, 0.3) is 39.2 Å². The van der Waals surface area contributed by atoms with Gasteiger partial charge in [0.15, 0.2) is 0 Å². The number of methoxy groups -OCH3 is 2. The van der Waals surface area contributed by atoms with Crippen molar-refractivity contribution in [2.75, 3.05) is 14.2 Å². The molecule has 5 aromatic rings. The van der Waals surface area contributed by atoms with Crippen LogP contribution < -0.4 is 14.6 Å². The van der Waals surface area contributed by atoms with Crippen LogP contribution in [0.4, 0.5) is 0 Å². The van der Waals surface area contributed by atoms with Crippen LogP contribution in [-0.2, 0) is 10.0 Å². The lowest BCUT2D eigenvalue weighted by atomic mass is 10.0. The fraction of sp³-hybridized carbons (Fsp3) is 0.0800. The highest BCUT2D eigenvalue weighted by Crippen LogP contribution is 2.45. The van der Waals surface area contributed by atoms with E-state index in [1.54, 1.807) is 43.4 Å². The number of sulfonamides is 1. The van der Waals surface area contributed by atoms with Gasteiger partial charge in [-0.2, -0.15) is 5.10 Å². The molecule has 0 saturated carbocycles. The number of aromatic nitrogens is 2. The molecule has 8 nitrogen and oxygen atoms in total. The molecule has 0 radical (unpaired) electrons. The Morgan fingerprint density at radius 3 is 2.32 bits per heavy atom. The van der Waals surface area contributed by atoms with E-state index < -0.39 is 10.0 Å². The minimum atomic E-state index is -3.81. The summed E-state index contributed by atoms with van der Waals surface area (Å²) in [6.07, 6.45) is 1.59. The second-order valence-electron chi connectivity index (χ2n) is 7.55. The Labute approximate surface area is 196 Å². The van der Waals surface area contributed by atoms with Crippen molar-refractivity contribution in [3.05, 3.63) is 79.1 Å². The summed E-state index contributed by atoms with van der Waals surface area (Å²) in [5.41, 5.74) is 4.33. The smallest absolute Gasteiger partial charge is 0.238 e. The molecule has 34 heavy (non-hydrogen) atoms. The minimum absolute atomic E-state index is 0.0265. The number of benzene rings is 3. The number of hydrogen-bond donors (Lipinski definition) is 1. The predicted molar refractivity (Wildman–Crippen MR) is 129 cm³/mol. The Bertz CT molecular complexity index is 1590. The summed E-state index contributed by atoms with van der Waals surface area (Å²) in [5.74, 6) is 1.13. The predicted octanol–water partition coefficient (Wildman–Crippen LogP) is 4.62. The number of nitrogens with two attached hydrogens (primary N) is 1. The first-order chi connectivity index (χ1) is 16.4. The van der Waals surface area contributed by atoms with E-state index in [4.69, 9.17) is 24.1 Å². The van der Waals surface area contributed by atoms with Crippen LogP contribution in [-0.4, -0.2) is 32.4 Å². The molecule has 0 aliphatic rings. The van der Waals surface area contributed by atoms with Gasteiger partial charge in [0, 0.05) is 11.6 Å². The summed E-state index contributed by atoms with van der Waals surface area (Å²) in [7, 11) is -0.640. The van der Waals surface area contributed by atoms with E-state index in [2.05, 4.69) is 0 Å². The number of ether oxygens (including phenoxy) is 2. The van der Waals surface area contributed by atoms with Gasteiger partial charge in [-0.25, -0.2) is 18.2 Å². The molecule has 9 heteroatoms. The number of fused-ring (bicyclic) bond motifs is 1. The van der Waals surface area contributed by atoms with Crippen LogP contribution in [0.5, 0.6) is 11.5 Å². The molecule has 0 aliphatic heterocycles. The summed E-state index contributed by atoms with van der Waals surface area (Å²) in [6, 6.07) is 21.6. The van der Waals surface area contributed by atoms with Crippen LogP contribution in [0, 0.1) is 0 Å². The first kappa shape index (κ1) is 21.7. The van der Waals surface area contributed by atoms with Crippen LogP contribution in [0.2, 0.25) is 0 Å². The number of rotatable bonds is 6. The van der Waals surface area contributed by atoms with Gasteiger partial charge in [-0.05, 0) is 36.4 Å². The lowest BCUT2D eigenvalue weighted by molar-refractivity contribution is 0.399. The van der Waals surface area contributed by atoms with E-state index in [1.807, 2.05) is 42.5 Å². The summed E-state index contributed by atoms with van der Waals surface area (Å²) in [4.78, 5) is 0.0265. The molecule has 5 rings (SSSR count). The molecular formula is C25H21N3O5S. The van der Waals surface area contributed by atoms with Gasteiger partial charge in [0.2, 0.25) is 10.0 Å². The number of nitrogens with zero attached hydrogens (tertiary/aromatic N) is 2. The molecule has 2 aromatic heterocycles. The number of hydrogen-bond acceptors (Lipinski definition) is 6. The van der Waals surface area contributed by atoms with Gasteiger partial charge in [0.1, 0.15) is 22.8 Å². The van der Waals surface area contributed by atoms with Gasteiger partial charge < -0.3 is 13.9 Å². The number of primary sulfonamides is 1. The van der Waals surface area contributed by atoms with Crippen molar-refractivity contribution in [2.24, 2.45) is 5.14 Å². The molecule has 0 atom stereocenters. The molecule has 172 valence electrons. The van der Waals surface area contributed by atoms with E-state index in [9.17, 15) is 8.42 Å². The lowest BCUT2D eigenvalue weighted by Crippen LogP contribution is -2.12. The van der Waals surface area contributed by atoms with Crippen molar-refractivity contribution in [1.82, 2.24) is 9.78 Å². The second kappa shape index (κ2) is 8.36. The molecule has 0 amide bonds. The standard InChI is InChI=1S/C25H21N3O5S/c1-31-23-15-22-19(12-13-33-22)25(32-2)24(23)20-14-21(16-6-4-3-5-7-16)28(27-20)17-8-10-18(11-9-17)34(26,29)30/h3-15H,1-2H3,(H2,26,29,30). The van der Waals surface area contributed by atoms with Crippen molar-refractivity contribution in [1.29, 1.82) is 0 Å². The Morgan fingerprint density at radius 1 is 0.941 bits per heavy atom. The van der Waals surface area contributed by atoms with Crippen molar-refractivity contribution in [2.45, 2.75) is 4.90 Å². The molecule has 0 fully saturated rings. The average Bonchev–Trinajstić information content (AvgIpc) is 3.50. The fourth-order valence-corrected chi connectivity index (χ4v) is 4.48. The maximum Gasteiger partial charge on any atom is 0.238 e. The zero-order chi connectivity index (χ0) is 23.9. The average molecular weight is 476 g/mol. The molecule has 0 saturated heterocycles. The molecule has 2 heterocycles. The summed E-state index contributed by atoms with van der Waals surface area (Å²) < 4.78 is 42.1. The SMILES string of the molecule is COc1cc2occc2c(OC)c1-c1cc(-c2ccccc2)n(-c2ccc(S(N)(=O)=O)cc2)n1. The normalized spacial score (nSPS) is 11.6. The van der Waals surface area contributed by atoms with Crippen molar-refractivity contribution >= 4 is 21.0 Å². The van der Waals surface area contributed by atoms with Crippen molar-refractivity contribution < 1.29 is 22.3 Å². The van der Waals surface area contributed by atoms with Crippen molar-refractivity contribution in [3.63, 3.8) is 0 Å². The van der Waals surface area contributed by atoms with E-state index in [0.29, 0.717) is 34.0 Å². The molecule has 0 aliphatic carbocycles. The lowest BCUT2D eigenvalue weighted by Gasteiger charge is -2.12. The molecular weight excluding hydrogens is 454 g/mol. The van der Waals surface area contributed by atoms with Crippen LogP contribution in [0.1, 0.15) is 0 Å². The van der Waals surface area contributed by atoms with Crippen LogP contribution in [0.15, 0.2) is 88.4 Å². The van der Waals surface area contributed by atoms with Crippen LogP contribution >= 0.6 is 0 Å². The third-order valence-electron chi connectivity index (χ3n) is 5.54. The summed E-state index contributed by atoms with van der Waals surface area (Å²) >= 11 is 0. The zero-order valence-electron chi connectivity index (χ0n) is 18.4. The third kappa shape index (κ3) is 3.70. The largest absolute Gasteiger partial charge is 0.496 e. The Balaban J connectivity index is 1.76. The third-order valence-corrected chi connectivity index (χ3v) is 6.47. The molecule has 0 bridgehead atoms. The highest BCUT2D eigenvalue weighted by Gasteiger charge is 2.23. The van der Waals surface area contributed by atoms with Gasteiger partial charge >= 0.3 is 0 Å². The molecule has 3 aromatic carbocycles. The second-order valence-corrected chi connectivity index (χ2v) is 9.11. The van der Waals surface area contributed by atoms with Gasteiger partial charge in [0.25, 0.3) is 0 Å². The first-order valence-electron chi connectivity index (χ1n) is 10.3. The van der Waals surface area contributed by atoms with Crippen LogP contribution in [0.3, 0.4) is 0 Å². The molecule has 2 N–H and O–H groups in total. The van der Waals surface area contributed by atoms with E-state index >= 15 is 0 Å². The minimum Gasteiger partial charge on any atom is -0.496 e. The van der Waals surface area contributed by atoms with Gasteiger partial charge in [-0.3, -0.25) is 0 Å². The highest BCUT2D eigenvalue weighted by atomic mass is 32.2. The monoisotopic (exact) mass is 475 g/mol. The van der Waals surface area contributed by atoms with E-state index in [1.165, 1.54) is 12.1 Å². The molecule has 0 spiro atoms. The maximum atomic E-state index is 11.7. The topological polar surface area (TPSA) is 110 Å².